The summed E-state index contributed by atoms with van der Waals surface area (Å²) in [5.41, 5.74) is 0.842. The summed E-state index contributed by atoms with van der Waals surface area (Å²) in [4.78, 5) is 15.4. The van der Waals surface area contributed by atoms with E-state index in [1.54, 1.807) is 24.3 Å². The molecule has 3 rings (SSSR count). The molecule has 0 bridgehead atoms. The summed E-state index contributed by atoms with van der Waals surface area (Å²) in [6, 6.07) is 9.51. The Morgan fingerprint density at radius 3 is 2.71 bits per heavy atom. The van der Waals surface area contributed by atoms with Crippen LogP contribution in [0.4, 0.5) is 11.4 Å². The van der Waals surface area contributed by atoms with Crippen LogP contribution in [0.1, 0.15) is 0 Å². The minimum absolute atomic E-state index is 0.124. The summed E-state index contributed by atoms with van der Waals surface area (Å²) in [7, 11) is -3.96. The van der Waals surface area contributed by atoms with Crippen LogP contribution in [0, 0.1) is 0 Å². The van der Waals surface area contributed by atoms with Crippen molar-refractivity contribution in [3.8, 4) is 0 Å². The average Bonchev–Trinajstić information content (AvgIpc) is 2.46. The Morgan fingerprint density at radius 2 is 1.95 bits per heavy atom. The highest BCUT2D eigenvalue weighted by Crippen LogP contribution is 2.34. The predicted octanol–water partition coefficient (Wildman–Crippen LogP) is 1.88. The first-order valence-electron chi connectivity index (χ1n) is 6.02. The third-order valence-electron chi connectivity index (χ3n) is 3.03. The lowest BCUT2D eigenvalue weighted by Crippen LogP contribution is -2.42. The summed E-state index contributed by atoms with van der Waals surface area (Å²) >= 11 is 5.87. The Morgan fingerprint density at radius 1 is 1.19 bits per heavy atom. The molecule has 0 spiro atoms. The fourth-order valence-corrected chi connectivity index (χ4v) is 3.97. The molecule has 1 aliphatic rings. The number of nitrogens with one attached hydrogen (secondary N) is 1. The van der Waals surface area contributed by atoms with Crippen LogP contribution in [0.2, 0.25) is 5.15 Å². The third kappa shape index (κ3) is 2.34. The normalized spacial score (nSPS) is 14.5. The topological polar surface area (TPSA) is 79.4 Å². The number of sulfonamides is 1. The van der Waals surface area contributed by atoms with E-state index in [-0.39, 0.29) is 16.6 Å². The number of pyridine rings is 1. The lowest BCUT2D eigenvalue weighted by atomic mass is 10.2. The molecule has 0 fully saturated rings. The van der Waals surface area contributed by atoms with Gasteiger partial charge < -0.3 is 5.32 Å². The molecular formula is C13H10ClN3O3S. The number of benzene rings is 1. The zero-order valence-electron chi connectivity index (χ0n) is 10.7. The lowest BCUT2D eigenvalue weighted by Gasteiger charge is -2.30. The van der Waals surface area contributed by atoms with Gasteiger partial charge in [0, 0.05) is 6.20 Å². The number of hydrogen-bond acceptors (Lipinski definition) is 4. The van der Waals surface area contributed by atoms with Crippen LogP contribution in [0.3, 0.4) is 0 Å². The van der Waals surface area contributed by atoms with Crippen LogP contribution < -0.4 is 9.62 Å². The predicted molar refractivity (Wildman–Crippen MR) is 78.9 cm³/mol. The molecule has 1 aliphatic heterocycles. The number of fused-ring (bicyclic) bond motifs is 1. The first kappa shape index (κ1) is 13.8. The van der Waals surface area contributed by atoms with Gasteiger partial charge >= 0.3 is 0 Å². The van der Waals surface area contributed by atoms with Gasteiger partial charge in [-0.3, -0.25) is 9.10 Å². The summed E-state index contributed by atoms with van der Waals surface area (Å²) < 4.78 is 26.5. The van der Waals surface area contributed by atoms with E-state index in [0.29, 0.717) is 11.4 Å². The number of hydrogen-bond donors (Lipinski definition) is 1. The SMILES string of the molecule is O=C1CN(S(=O)(=O)c2cccnc2Cl)c2ccccc2N1. The molecular weight excluding hydrogens is 314 g/mol. The quantitative estimate of drug-likeness (QED) is 0.856. The van der Waals surface area contributed by atoms with Gasteiger partial charge in [-0.25, -0.2) is 13.4 Å². The fourth-order valence-electron chi connectivity index (χ4n) is 2.10. The van der Waals surface area contributed by atoms with Gasteiger partial charge in [0.05, 0.1) is 11.4 Å². The van der Waals surface area contributed by atoms with E-state index in [1.165, 1.54) is 18.3 Å². The highest BCUT2D eigenvalue weighted by atomic mass is 35.5. The molecule has 21 heavy (non-hydrogen) atoms. The molecule has 0 saturated heterocycles. The van der Waals surface area contributed by atoms with E-state index in [0.717, 1.165) is 4.31 Å². The Bertz CT molecular complexity index is 823. The standard InChI is InChI=1S/C13H10ClN3O3S/c14-13-11(6-3-7-15-13)21(19,20)17-8-12(18)16-9-4-1-2-5-10(9)17/h1-7H,8H2,(H,16,18). The van der Waals surface area contributed by atoms with E-state index in [1.807, 2.05) is 0 Å². The number of para-hydroxylation sites is 2. The number of anilines is 2. The largest absolute Gasteiger partial charge is 0.323 e. The number of aromatic nitrogens is 1. The molecule has 108 valence electrons. The molecule has 1 N–H and O–H groups in total. The van der Waals surface area contributed by atoms with Gasteiger partial charge in [0.15, 0.2) is 0 Å². The number of amides is 1. The minimum atomic E-state index is -3.96. The highest BCUT2D eigenvalue weighted by Gasteiger charge is 2.33. The Labute approximate surface area is 126 Å². The second-order valence-electron chi connectivity index (χ2n) is 4.37. The first-order valence-corrected chi connectivity index (χ1v) is 7.84. The molecule has 8 heteroatoms. The van der Waals surface area contributed by atoms with Crippen molar-refractivity contribution in [2.24, 2.45) is 0 Å². The Kier molecular flexibility index (Phi) is 3.30. The summed E-state index contributed by atoms with van der Waals surface area (Å²) in [6.45, 7) is -0.301. The van der Waals surface area contributed by atoms with Gasteiger partial charge in [-0.15, -0.1) is 0 Å². The molecule has 1 aromatic carbocycles. The van der Waals surface area contributed by atoms with Crippen LogP contribution in [0.25, 0.3) is 0 Å². The zero-order chi connectivity index (χ0) is 15.0. The van der Waals surface area contributed by atoms with Crippen molar-refractivity contribution in [2.75, 3.05) is 16.2 Å². The zero-order valence-corrected chi connectivity index (χ0v) is 12.2. The maximum absolute atomic E-state index is 12.7. The van der Waals surface area contributed by atoms with Crippen LogP contribution >= 0.6 is 11.6 Å². The summed E-state index contributed by atoms with van der Waals surface area (Å²) in [5, 5.41) is 2.51. The Balaban J connectivity index is 2.16. The first-order chi connectivity index (χ1) is 10.00. The molecule has 0 unspecified atom stereocenters. The smallest absolute Gasteiger partial charge is 0.267 e. The molecule has 1 amide bonds. The average molecular weight is 324 g/mol. The maximum atomic E-state index is 12.7. The van der Waals surface area contributed by atoms with E-state index >= 15 is 0 Å². The molecule has 0 atom stereocenters. The second-order valence-corrected chi connectivity index (χ2v) is 6.56. The van der Waals surface area contributed by atoms with Crippen LogP contribution in [-0.2, 0) is 14.8 Å². The molecule has 0 saturated carbocycles. The fraction of sp³-hybridized carbons (Fsp3) is 0.0769. The van der Waals surface area contributed by atoms with Gasteiger partial charge in [0.2, 0.25) is 5.91 Å². The third-order valence-corrected chi connectivity index (χ3v) is 5.23. The van der Waals surface area contributed by atoms with Gasteiger partial charge in [-0.1, -0.05) is 23.7 Å². The maximum Gasteiger partial charge on any atom is 0.267 e. The number of rotatable bonds is 2. The van der Waals surface area contributed by atoms with Crippen molar-refractivity contribution in [1.82, 2.24) is 4.98 Å². The van der Waals surface area contributed by atoms with E-state index < -0.39 is 15.9 Å². The lowest BCUT2D eigenvalue weighted by molar-refractivity contribution is -0.115. The van der Waals surface area contributed by atoms with Crippen LogP contribution in [0.15, 0.2) is 47.5 Å². The van der Waals surface area contributed by atoms with E-state index in [4.69, 9.17) is 11.6 Å². The number of carbonyl (C=O) groups excluding carboxylic acids is 1. The molecule has 0 aliphatic carbocycles. The number of nitrogens with zero attached hydrogens (tertiary/aromatic N) is 2. The molecule has 0 radical (unpaired) electrons. The van der Waals surface area contributed by atoms with Crippen LogP contribution in [-0.4, -0.2) is 25.9 Å². The van der Waals surface area contributed by atoms with Gasteiger partial charge in [0.25, 0.3) is 10.0 Å². The highest BCUT2D eigenvalue weighted by molar-refractivity contribution is 7.93. The van der Waals surface area contributed by atoms with Crippen molar-refractivity contribution < 1.29 is 13.2 Å². The molecule has 2 aromatic rings. The van der Waals surface area contributed by atoms with Crippen LogP contribution in [0.5, 0.6) is 0 Å². The monoisotopic (exact) mass is 323 g/mol. The Hall–Kier alpha value is -2.12. The molecule has 2 heterocycles. The number of halogens is 1. The van der Waals surface area contributed by atoms with Crippen molar-refractivity contribution >= 4 is 38.9 Å². The van der Waals surface area contributed by atoms with Gasteiger partial charge in [-0.05, 0) is 24.3 Å². The van der Waals surface area contributed by atoms with Gasteiger partial charge in [0.1, 0.15) is 16.6 Å². The van der Waals surface area contributed by atoms with Crippen molar-refractivity contribution in [2.45, 2.75) is 4.90 Å². The summed E-state index contributed by atoms with van der Waals surface area (Å²) in [5.74, 6) is -0.405. The number of carbonyl (C=O) groups is 1. The second kappa shape index (κ2) is 5.01. The minimum Gasteiger partial charge on any atom is -0.323 e. The van der Waals surface area contributed by atoms with Crippen molar-refractivity contribution in [1.29, 1.82) is 0 Å². The van der Waals surface area contributed by atoms with Gasteiger partial charge in [-0.2, -0.15) is 0 Å². The molecule has 1 aromatic heterocycles. The molecule has 6 nitrogen and oxygen atoms in total. The summed E-state index contributed by atoms with van der Waals surface area (Å²) in [6.07, 6.45) is 1.40. The van der Waals surface area contributed by atoms with Crippen molar-refractivity contribution in [3.05, 3.63) is 47.7 Å². The van der Waals surface area contributed by atoms with Crippen molar-refractivity contribution in [3.63, 3.8) is 0 Å². The van der Waals surface area contributed by atoms with E-state index in [2.05, 4.69) is 10.3 Å². The van der Waals surface area contributed by atoms with E-state index in [9.17, 15) is 13.2 Å².